The lowest BCUT2D eigenvalue weighted by atomic mass is 9.96. The SMILES string of the molecule is CC(C(=O)O)N(Oc1ccccc1)[PH](=O)OC[C@H]1O[C@@H](n2ccc(N)nc2=O)C2(CC2)[C@@H]1O. The highest BCUT2D eigenvalue weighted by Crippen LogP contribution is 2.62. The quantitative estimate of drug-likeness (QED) is 0.347. The van der Waals surface area contributed by atoms with Crippen molar-refractivity contribution in [2.24, 2.45) is 5.41 Å². The summed E-state index contributed by atoms with van der Waals surface area (Å²) < 4.78 is 25.5. The zero-order valence-corrected chi connectivity index (χ0v) is 18.7. The van der Waals surface area contributed by atoms with Crippen molar-refractivity contribution in [1.82, 2.24) is 14.4 Å². The predicted molar refractivity (Wildman–Crippen MR) is 115 cm³/mol. The van der Waals surface area contributed by atoms with Gasteiger partial charge < -0.3 is 30.0 Å². The summed E-state index contributed by atoms with van der Waals surface area (Å²) in [4.78, 5) is 33.8. The molecule has 1 saturated heterocycles. The molecule has 2 unspecified atom stereocenters. The van der Waals surface area contributed by atoms with Crippen LogP contribution in [0.15, 0.2) is 47.4 Å². The molecule has 178 valence electrons. The van der Waals surface area contributed by atoms with Gasteiger partial charge in [0.2, 0.25) is 0 Å². The fourth-order valence-electron chi connectivity index (χ4n) is 3.84. The number of aliphatic hydroxyl groups excluding tert-OH is 1. The second kappa shape index (κ2) is 9.24. The van der Waals surface area contributed by atoms with Crippen LogP contribution in [-0.4, -0.2) is 55.4 Å². The average molecular weight is 480 g/mol. The number of carboxylic acid groups (broad SMARTS) is 1. The maximum atomic E-state index is 12.9. The summed E-state index contributed by atoms with van der Waals surface area (Å²) in [6.45, 7) is 1.02. The highest BCUT2D eigenvalue weighted by atomic mass is 31.1. The van der Waals surface area contributed by atoms with Crippen LogP contribution in [-0.2, 0) is 18.6 Å². The summed E-state index contributed by atoms with van der Waals surface area (Å²) in [5, 5.41) is 20.2. The molecule has 1 aliphatic carbocycles. The third-order valence-corrected chi connectivity index (χ3v) is 7.13. The van der Waals surface area contributed by atoms with Crippen molar-refractivity contribution in [2.45, 2.75) is 44.2 Å². The van der Waals surface area contributed by atoms with E-state index in [1.54, 1.807) is 30.3 Å². The number of aromatic nitrogens is 2. The molecule has 1 aliphatic heterocycles. The Morgan fingerprint density at radius 2 is 2.09 bits per heavy atom. The molecule has 2 aliphatic rings. The van der Waals surface area contributed by atoms with Crippen LogP contribution in [0.1, 0.15) is 26.0 Å². The van der Waals surface area contributed by atoms with Gasteiger partial charge in [0.05, 0.1) is 12.7 Å². The van der Waals surface area contributed by atoms with Gasteiger partial charge in [-0.1, -0.05) is 23.0 Å². The number of para-hydroxylation sites is 1. The topological polar surface area (TPSA) is 166 Å². The van der Waals surface area contributed by atoms with Crippen LogP contribution in [0.2, 0.25) is 0 Å². The minimum Gasteiger partial charge on any atom is -0.480 e. The molecule has 4 rings (SSSR count). The highest BCUT2D eigenvalue weighted by molar-refractivity contribution is 7.36. The molecule has 12 nitrogen and oxygen atoms in total. The van der Waals surface area contributed by atoms with E-state index < -0.39 is 49.7 Å². The number of ether oxygens (including phenoxy) is 1. The number of aliphatic carboxylic acids is 1. The van der Waals surface area contributed by atoms with E-state index in [4.69, 9.17) is 19.8 Å². The standard InChI is InChI=1S/C20H25N4O8P/c1-12(17(26)27)24(32-13-5-3-2-4-6-13)33(29)30-11-14-16(25)20(8-9-20)18(31-14)23-10-7-15(21)22-19(23)28/h2-7,10,12,14,16,18,25,33H,8-9,11H2,1H3,(H,26,27)(H2,21,22,28)/t12?,14-,16-,18-/m1/s1. The molecule has 4 N–H and O–H groups in total. The summed E-state index contributed by atoms with van der Waals surface area (Å²) in [7, 11) is -3.20. The van der Waals surface area contributed by atoms with Gasteiger partial charge in [-0.2, -0.15) is 4.98 Å². The molecule has 0 bridgehead atoms. The van der Waals surface area contributed by atoms with Crippen LogP contribution in [0.5, 0.6) is 5.75 Å². The number of nitrogens with two attached hydrogens (primary N) is 1. The van der Waals surface area contributed by atoms with Crippen molar-refractivity contribution in [3.8, 4) is 5.75 Å². The van der Waals surface area contributed by atoms with Gasteiger partial charge in [-0.25, -0.2) is 4.79 Å². The van der Waals surface area contributed by atoms with E-state index in [2.05, 4.69) is 4.98 Å². The summed E-state index contributed by atoms with van der Waals surface area (Å²) in [6.07, 6.45) is 0.0507. The molecule has 1 spiro atoms. The maximum Gasteiger partial charge on any atom is 0.351 e. The molecule has 0 radical (unpaired) electrons. The minimum absolute atomic E-state index is 0.0733. The molecule has 2 heterocycles. The largest absolute Gasteiger partial charge is 0.480 e. The third-order valence-electron chi connectivity index (χ3n) is 5.88. The highest BCUT2D eigenvalue weighted by Gasteiger charge is 2.64. The lowest BCUT2D eigenvalue weighted by Crippen LogP contribution is -2.37. The molecule has 2 aromatic rings. The molecule has 33 heavy (non-hydrogen) atoms. The fraction of sp³-hybridized carbons (Fsp3) is 0.450. The van der Waals surface area contributed by atoms with Crippen molar-refractivity contribution in [1.29, 1.82) is 0 Å². The first-order chi connectivity index (χ1) is 15.7. The maximum absolute atomic E-state index is 12.9. The van der Waals surface area contributed by atoms with E-state index >= 15 is 0 Å². The van der Waals surface area contributed by atoms with Gasteiger partial charge in [-0.15, -0.1) is 0 Å². The number of nitrogens with zero attached hydrogens (tertiary/aromatic N) is 3. The van der Waals surface area contributed by atoms with Crippen molar-refractivity contribution >= 4 is 20.0 Å². The Morgan fingerprint density at radius 3 is 2.70 bits per heavy atom. The Bertz CT molecular complexity index is 1090. The van der Waals surface area contributed by atoms with Crippen LogP contribution in [0.25, 0.3) is 0 Å². The number of aliphatic hydroxyl groups is 1. The third kappa shape index (κ3) is 4.66. The van der Waals surface area contributed by atoms with Crippen molar-refractivity contribution in [3.05, 3.63) is 53.1 Å². The monoisotopic (exact) mass is 480 g/mol. The number of rotatable bonds is 9. The van der Waals surface area contributed by atoms with Gasteiger partial charge in [0.1, 0.15) is 29.9 Å². The number of benzene rings is 1. The van der Waals surface area contributed by atoms with Gasteiger partial charge in [-0.05, 0) is 38.0 Å². The van der Waals surface area contributed by atoms with E-state index in [1.165, 1.54) is 23.8 Å². The molecule has 0 amide bonds. The molecule has 5 atom stereocenters. The predicted octanol–water partition coefficient (Wildman–Crippen LogP) is 1.04. The Morgan fingerprint density at radius 1 is 1.39 bits per heavy atom. The first-order valence-electron chi connectivity index (χ1n) is 10.3. The average Bonchev–Trinajstić information content (AvgIpc) is 3.54. The first-order valence-corrected chi connectivity index (χ1v) is 11.6. The van der Waals surface area contributed by atoms with Gasteiger partial charge in [-0.3, -0.25) is 13.9 Å². The Kier molecular flexibility index (Phi) is 6.55. The number of carboxylic acids is 1. The van der Waals surface area contributed by atoms with Crippen LogP contribution in [0, 0.1) is 5.41 Å². The number of hydrogen-bond donors (Lipinski definition) is 3. The van der Waals surface area contributed by atoms with E-state index in [0.717, 1.165) is 4.83 Å². The van der Waals surface area contributed by atoms with Gasteiger partial charge in [0.15, 0.2) is 0 Å². The molecular formula is C20H25N4O8P. The lowest BCUT2D eigenvalue weighted by molar-refractivity contribution is -0.148. The zero-order valence-electron chi connectivity index (χ0n) is 17.7. The first kappa shape index (κ1) is 23.4. The summed E-state index contributed by atoms with van der Waals surface area (Å²) >= 11 is 0. The van der Waals surface area contributed by atoms with Crippen LogP contribution in [0.4, 0.5) is 5.82 Å². The molecule has 2 fully saturated rings. The minimum atomic E-state index is -3.20. The molecular weight excluding hydrogens is 455 g/mol. The van der Waals surface area contributed by atoms with E-state index in [9.17, 15) is 24.4 Å². The second-order valence-corrected chi connectivity index (χ2v) is 9.33. The van der Waals surface area contributed by atoms with E-state index in [-0.39, 0.29) is 18.2 Å². The smallest absolute Gasteiger partial charge is 0.351 e. The number of hydrogen-bond acceptors (Lipinski definition) is 9. The number of anilines is 1. The summed E-state index contributed by atoms with van der Waals surface area (Å²) in [5.74, 6) is -0.890. The Balaban J connectivity index is 1.46. The van der Waals surface area contributed by atoms with Gasteiger partial charge >= 0.3 is 11.7 Å². The van der Waals surface area contributed by atoms with Gasteiger partial charge in [0.25, 0.3) is 8.18 Å². The van der Waals surface area contributed by atoms with E-state index in [0.29, 0.717) is 12.8 Å². The Hall–Kier alpha value is -2.76. The molecule has 13 heteroatoms. The van der Waals surface area contributed by atoms with Gasteiger partial charge in [0, 0.05) is 11.6 Å². The van der Waals surface area contributed by atoms with Crippen molar-refractivity contribution in [3.63, 3.8) is 0 Å². The molecule has 1 aromatic heterocycles. The molecule has 1 saturated carbocycles. The normalized spacial score (nSPS) is 25.1. The number of carbonyl (C=O) groups is 1. The lowest BCUT2D eigenvalue weighted by Gasteiger charge is -2.25. The summed E-state index contributed by atoms with van der Waals surface area (Å²) in [6, 6.07) is 8.48. The van der Waals surface area contributed by atoms with Crippen LogP contribution in [0.3, 0.4) is 0 Å². The van der Waals surface area contributed by atoms with E-state index in [1.807, 2.05) is 0 Å². The number of hydroxylamine groups is 1. The zero-order chi connectivity index (χ0) is 23.8. The van der Waals surface area contributed by atoms with Crippen LogP contribution >= 0.6 is 8.18 Å². The van der Waals surface area contributed by atoms with Crippen molar-refractivity contribution in [2.75, 3.05) is 12.3 Å². The summed E-state index contributed by atoms with van der Waals surface area (Å²) in [5.41, 5.74) is 4.26. The number of nitrogen functional groups attached to an aromatic ring is 1. The van der Waals surface area contributed by atoms with Crippen LogP contribution < -0.4 is 16.3 Å². The fourth-order valence-corrected chi connectivity index (χ4v) is 4.88. The Labute approximate surface area is 189 Å². The molecule has 1 aromatic carbocycles. The van der Waals surface area contributed by atoms with Crippen molar-refractivity contribution < 1.29 is 33.7 Å². The second-order valence-electron chi connectivity index (χ2n) is 8.07.